The Morgan fingerprint density at radius 2 is 2.40 bits per heavy atom. The Balaban J connectivity index is 2.62. The summed E-state index contributed by atoms with van der Waals surface area (Å²) in [6.45, 7) is 0. The Bertz CT molecular complexity index is 33.9. The van der Waals surface area contributed by atoms with Gasteiger partial charge >= 0.3 is 0 Å². The summed E-state index contributed by atoms with van der Waals surface area (Å²) in [6.07, 6.45) is 1.95. The van der Waals surface area contributed by atoms with E-state index < -0.39 is 0 Å². The van der Waals surface area contributed by atoms with E-state index in [1.807, 2.05) is 11.9 Å². The minimum absolute atomic E-state index is 0.837. The molecule has 0 bridgehead atoms. The van der Waals surface area contributed by atoms with Crippen molar-refractivity contribution >= 4 is 21.9 Å². The maximum Gasteiger partial charge on any atom is 0.00858 e. The molecule has 0 nitrogen and oxygen atoms in total. The average Bonchev–Trinajstić information content (AvgIpc) is 1.41. The molecule has 0 radical (unpaired) electrons. The number of rotatable bonds is 1. The third-order valence-electron chi connectivity index (χ3n) is 0.241. The van der Waals surface area contributed by atoms with Gasteiger partial charge in [0.15, 0.2) is 0 Å². The molecule has 30 valence electrons. The quantitative estimate of drug-likeness (QED) is 0.378. The van der Waals surface area contributed by atoms with Crippen molar-refractivity contribution in [3.8, 4) is 0 Å². The van der Waals surface area contributed by atoms with Crippen molar-refractivity contribution in [3.63, 3.8) is 0 Å². The molecule has 0 amide bonds. The molecule has 1 unspecified atom stereocenters. The molecule has 1 atom stereocenters. The van der Waals surface area contributed by atoms with Gasteiger partial charge in [-0.3, -0.25) is 0 Å². The maximum atomic E-state index is 3.90. The van der Waals surface area contributed by atoms with E-state index in [9.17, 15) is 0 Å². The van der Waals surface area contributed by atoms with Crippen molar-refractivity contribution in [2.24, 2.45) is 0 Å². The van der Waals surface area contributed by atoms with Gasteiger partial charge in [0.05, 0.1) is 0 Å². The number of hydrogen-bond donors (Lipinski definition) is 1. The largest absolute Gasteiger partial charge is 0.175 e. The summed E-state index contributed by atoms with van der Waals surface area (Å²) in [6, 6.07) is 0. The fraction of sp³-hybridized carbons (Fsp3) is 0.333. The van der Waals surface area contributed by atoms with Crippen LogP contribution in [-0.4, -0.2) is 5.75 Å². The Morgan fingerprint density at radius 1 is 1.80 bits per heavy atom. The zero-order valence-corrected chi connectivity index (χ0v) is 4.94. The molecule has 0 aliphatic carbocycles. The second kappa shape index (κ2) is 4.52. The van der Waals surface area contributed by atoms with Crippen molar-refractivity contribution in [2.75, 3.05) is 5.75 Å². The molecule has 0 fully saturated rings. The minimum Gasteiger partial charge on any atom is -0.175 e. The smallest absolute Gasteiger partial charge is 0.00858 e. The van der Waals surface area contributed by atoms with Gasteiger partial charge in [-0.25, -0.2) is 0 Å². The van der Waals surface area contributed by atoms with Gasteiger partial charge in [-0.15, -0.1) is 9.24 Å². The Morgan fingerprint density at radius 3 is 2.40 bits per heavy atom. The van der Waals surface area contributed by atoms with Crippen molar-refractivity contribution < 1.29 is 0 Å². The van der Waals surface area contributed by atoms with Gasteiger partial charge in [-0.2, -0.15) is 12.6 Å². The highest BCUT2D eigenvalue weighted by Gasteiger charge is 1.52. The molecular weight excluding hydrogens is 99.1 g/mol. The SMILES string of the molecule is P/C=C\CS. The first-order valence-electron chi connectivity index (χ1n) is 1.39. The Hall–Kier alpha value is 0.520. The zero-order chi connectivity index (χ0) is 4.12. The molecule has 0 heterocycles. The fourth-order valence-electron chi connectivity index (χ4n) is 0.0609. The van der Waals surface area contributed by atoms with E-state index >= 15 is 0 Å². The van der Waals surface area contributed by atoms with Crippen LogP contribution in [0.3, 0.4) is 0 Å². The summed E-state index contributed by atoms with van der Waals surface area (Å²) < 4.78 is 0. The van der Waals surface area contributed by atoms with Crippen molar-refractivity contribution in [1.29, 1.82) is 0 Å². The Labute approximate surface area is 40.3 Å². The van der Waals surface area contributed by atoms with Crippen LogP contribution in [0.5, 0.6) is 0 Å². The average molecular weight is 106 g/mol. The van der Waals surface area contributed by atoms with Gasteiger partial charge in [0.25, 0.3) is 0 Å². The van der Waals surface area contributed by atoms with Crippen LogP contribution in [0.2, 0.25) is 0 Å². The molecule has 0 aromatic rings. The molecule has 0 aromatic carbocycles. The summed E-state index contributed by atoms with van der Waals surface area (Å²) in [5.41, 5.74) is 0. The van der Waals surface area contributed by atoms with Crippen LogP contribution in [0.1, 0.15) is 0 Å². The highest BCUT2D eigenvalue weighted by molar-refractivity contribution is 7.80. The van der Waals surface area contributed by atoms with Crippen molar-refractivity contribution in [2.45, 2.75) is 0 Å². The van der Waals surface area contributed by atoms with E-state index in [-0.39, 0.29) is 0 Å². The van der Waals surface area contributed by atoms with Gasteiger partial charge in [-0.05, 0) is 0 Å². The van der Waals surface area contributed by atoms with Gasteiger partial charge < -0.3 is 0 Å². The maximum absolute atomic E-state index is 3.90. The Kier molecular flexibility index (Phi) is 4.99. The van der Waals surface area contributed by atoms with Crippen LogP contribution in [0.15, 0.2) is 11.9 Å². The third kappa shape index (κ3) is 4.52. The highest BCUT2D eigenvalue weighted by Crippen LogP contribution is 1.82. The molecule has 2 heteroatoms. The lowest BCUT2D eigenvalue weighted by molar-refractivity contribution is 1.83. The van der Waals surface area contributed by atoms with Crippen molar-refractivity contribution in [1.82, 2.24) is 0 Å². The summed E-state index contributed by atoms with van der Waals surface area (Å²) >= 11 is 3.90. The molecular formula is C3H7PS. The summed E-state index contributed by atoms with van der Waals surface area (Å²) in [5, 5.41) is 0. The van der Waals surface area contributed by atoms with E-state index in [4.69, 9.17) is 0 Å². The zero-order valence-electron chi connectivity index (χ0n) is 2.89. The molecule has 0 aliphatic rings. The molecule has 0 aliphatic heterocycles. The first-order chi connectivity index (χ1) is 2.41. The molecule has 0 spiro atoms. The lowest BCUT2D eigenvalue weighted by Crippen LogP contribution is -1.49. The van der Waals surface area contributed by atoms with E-state index in [0.29, 0.717) is 0 Å². The minimum atomic E-state index is 0.837. The van der Waals surface area contributed by atoms with E-state index in [1.54, 1.807) is 0 Å². The predicted molar refractivity (Wildman–Crippen MR) is 32.7 cm³/mol. The first kappa shape index (κ1) is 5.52. The molecule has 0 saturated carbocycles. The molecule has 0 rings (SSSR count). The monoisotopic (exact) mass is 106 g/mol. The van der Waals surface area contributed by atoms with E-state index in [0.717, 1.165) is 5.75 Å². The van der Waals surface area contributed by atoms with Crippen molar-refractivity contribution in [3.05, 3.63) is 11.9 Å². The van der Waals surface area contributed by atoms with Crippen LogP contribution < -0.4 is 0 Å². The normalized spacial score (nSPS) is 10.0. The standard InChI is InChI=1S/C3H7PS/c4-2-1-3-5/h1-2,5H,3-4H2/b2-1-. The molecule has 0 saturated heterocycles. The van der Waals surface area contributed by atoms with Crippen LogP contribution in [0, 0.1) is 0 Å². The fourth-order valence-corrected chi connectivity index (χ4v) is 0.548. The number of thiol groups is 1. The van der Waals surface area contributed by atoms with Crippen LogP contribution in [-0.2, 0) is 0 Å². The summed E-state index contributed by atoms with van der Waals surface area (Å²) in [5.74, 6) is 2.73. The topological polar surface area (TPSA) is 0 Å². The molecule has 0 aromatic heterocycles. The van der Waals surface area contributed by atoms with Crippen LogP contribution in [0.4, 0.5) is 0 Å². The predicted octanol–water partition coefficient (Wildman–Crippen LogP) is 1.30. The third-order valence-corrected chi connectivity index (χ3v) is 0.724. The molecule has 5 heavy (non-hydrogen) atoms. The van der Waals surface area contributed by atoms with Gasteiger partial charge in [0.1, 0.15) is 0 Å². The second-order valence-electron chi connectivity index (χ2n) is 0.611. The van der Waals surface area contributed by atoms with E-state index in [2.05, 4.69) is 21.9 Å². The first-order valence-corrected chi connectivity index (χ1v) is 2.69. The summed E-state index contributed by atoms with van der Waals surface area (Å²) in [7, 11) is 2.47. The van der Waals surface area contributed by atoms with Gasteiger partial charge in [0.2, 0.25) is 0 Å². The van der Waals surface area contributed by atoms with Gasteiger partial charge in [0, 0.05) is 5.75 Å². The van der Waals surface area contributed by atoms with Crippen LogP contribution >= 0.6 is 21.9 Å². The number of hydrogen-bond acceptors (Lipinski definition) is 1. The lowest BCUT2D eigenvalue weighted by atomic mass is 10.8. The molecule has 0 N–H and O–H groups in total. The lowest BCUT2D eigenvalue weighted by Gasteiger charge is -1.64. The second-order valence-corrected chi connectivity index (χ2v) is 1.36. The highest BCUT2D eigenvalue weighted by atomic mass is 32.1. The van der Waals surface area contributed by atoms with Crippen LogP contribution in [0.25, 0.3) is 0 Å². The van der Waals surface area contributed by atoms with Gasteiger partial charge in [-0.1, -0.05) is 11.9 Å². The van der Waals surface area contributed by atoms with E-state index in [1.165, 1.54) is 0 Å². The summed E-state index contributed by atoms with van der Waals surface area (Å²) in [4.78, 5) is 0.